The first-order chi connectivity index (χ1) is 8.94. The molecule has 0 amide bonds. The Morgan fingerprint density at radius 3 is 2.10 bits per heavy atom. The van der Waals surface area contributed by atoms with E-state index in [0.29, 0.717) is 5.69 Å². The summed E-state index contributed by atoms with van der Waals surface area (Å²) in [6.07, 6.45) is 0. The molecule has 0 aliphatic carbocycles. The van der Waals surface area contributed by atoms with Crippen LogP contribution in [-0.4, -0.2) is 31.7 Å². The number of aromatic nitrogens is 1. The maximum atomic E-state index is 11.7. The molecule has 1 aromatic rings. The highest BCUT2D eigenvalue weighted by atomic mass is 32.2. The highest BCUT2D eigenvalue weighted by Gasteiger charge is 2.53. The third-order valence-corrected chi connectivity index (χ3v) is 4.77. The van der Waals surface area contributed by atoms with Gasteiger partial charge in [0.25, 0.3) is 0 Å². The summed E-state index contributed by atoms with van der Waals surface area (Å²) in [5, 5.41) is 5.23. The zero-order valence-corrected chi connectivity index (χ0v) is 13.1. The number of primary sulfonamides is 1. The predicted octanol–water partition coefficient (Wildman–Crippen LogP) is 0.337. The second kappa shape index (κ2) is 4.52. The molecule has 8 heteroatoms. The van der Waals surface area contributed by atoms with Crippen molar-refractivity contribution >= 4 is 22.7 Å². The minimum absolute atomic E-state index is 0.0680. The van der Waals surface area contributed by atoms with Crippen molar-refractivity contribution < 1.29 is 17.7 Å². The predicted molar refractivity (Wildman–Crippen MR) is 76.1 cm³/mol. The lowest BCUT2D eigenvalue weighted by Crippen LogP contribution is -2.41. The van der Waals surface area contributed by atoms with Crippen LogP contribution in [0.25, 0.3) is 0 Å². The molecule has 1 fully saturated rings. The summed E-state index contributed by atoms with van der Waals surface area (Å²) < 4.78 is 35.0. The van der Waals surface area contributed by atoms with Gasteiger partial charge in [-0.15, -0.1) is 0 Å². The van der Waals surface area contributed by atoms with Crippen LogP contribution in [0.15, 0.2) is 17.0 Å². The van der Waals surface area contributed by atoms with E-state index in [-0.39, 0.29) is 10.5 Å². The Kier molecular flexibility index (Phi) is 3.49. The van der Waals surface area contributed by atoms with Crippen molar-refractivity contribution in [2.24, 2.45) is 5.14 Å². The normalized spacial score (nSPS) is 21.2. The lowest BCUT2D eigenvalue weighted by atomic mass is 9.84. The van der Waals surface area contributed by atoms with Gasteiger partial charge in [0, 0.05) is 5.69 Å². The Hall–Kier alpha value is -0.955. The van der Waals surface area contributed by atoms with Gasteiger partial charge in [-0.25, -0.2) is 13.6 Å². The van der Waals surface area contributed by atoms with Gasteiger partial charge < -0.3 is 9.31 Å². The molecule has 0 saturated carbocycles. The van der Waals surface area contributed by atoms with E-state index in [0.717, 1.165) is 0 Å². The maximum absolute atomic E-state index is 11.7. The monoisotopic (exact) mass is 298 g/mol. The van der Waals surface area contributed by atoms with Gasteiger partial charge in [-0.1, -0.05) is 0 Å². The van der Waals surface area contributed by atoms with E-state index in [9.17, 15) is 8.42 Å². The van der Waals surface area contributed by atoms with Crippen molar-refractivity contribution in [1.82, 2.24) is 4.98 Å². The summed E-state index contributed by atoms with van der Waals surface area (Å²) in [6, 6.07) is 3.02. The summed E-state index contributed by atoms with van der Waals surface area (Å²) in [4.78, 5) is 4.18. The second-order valence-corrected chi connectivity index (χ2v) is 7.50. The molecule has 1 aliphatic rings. The van der Waals surface area contributed by atoms with Crippen LogP contribution in [-0.2, 0) is 19.3 Å². The summed E-state index contributed by atoms with van der Waals surface area (Å²) in [5.74, 6) is 0. The number of sulfonamides is 1. The first-order valence-corrected chi connectivity index (χ1v) is 7.85. The van der Waals surface area contributed by atoms with E-state index < -0.39 is 28.3 Å². The standard InChI is InChI=1S/C12H19BN2O4S/c1-8-6-7-9(20(14,16)17)10(15-8)13-18-11(2,3)12(4,5)19-13/h6-7H,1-5H3,(H2,14,16,17). The van der Waals surface area contributed by atoms with E-state index in [4.69, 9.17) is 14.4 Å². The number of rotatable bonds is 2. The molecule has 2 rings (SSSR count). The van der Waals surface area contributed by atoms with Crippen LogP contribution >= 0.6 is 0 Å². The number of hydrogen-bond donors (Lipinski definition) is 1. The Labute approximate surface area is 119 Å². The molecule has 0 atom stereocenters. The average molecular weight is 298 g/mol. The fourth-order valence-corrected chi connectivity index (χ4v) is 2.62. The Morgan fingerprint density at radius 1 is 1.15 bits per heavy atom. The number of nitrogens with zero attached hydrogens (tertiary/aromatic N) is 1. The smallest absolute Gasteiger partial charge is 0.398 e. The molecule has 1 aromatic heterocycles. The lowest BCUT2D eigenvalue weighted by molar-refractivity contribution is 0.00578. The summed E-state index contributed by atoms with van der Waals surface area (Å²) in [6.45, 7) is 9.32. The van der Waals surface area contributed by atoms with Gasteiger partial charge in [-0.05, 0) is 46.8 Å². The van der Waals surface area contributed by atoms with Gasteiger partial charge in [0.1, 0.15) is 0 Å². The van der Waals surface area contributed by atoms with Crippen molar-refractivity contribution in [3.05, 3.63) is 17.8 Å². The molecule has 1 saturated heterocycles. The van der Waals surface area contributed by atoms with E-state index in [1.165, 1.54) is 6.07 Å². The zero-order valence-electron chi connectivity index (χ0n) is 12.3. The molecular weight excluding hydrogens is 279 g/mol. The quantitative estimate of drug-likeness (QED) is 0.795. The topological polar surface area (TPSA) is 91.5 Å². The SMILES string of the molecule is Cc1ccc(S(N)(=O)=O)c(B2OC(C)(C)C(C)(C)O2)n1. The molecule has 6 nitrogen and oxygen atoms in total. The van der Waals surface area contributed by atoms with Gasteiger partial charge in [0.2, 0.25) is 10.0 Å². The van der Waals surface area contributed by atoms with E-state index in [1.807, 2.05) is 27.7 Å². The Morgan fingerprint density at radius 2 is 1.65 bits per heavy atom. The lowest BCUT2D eigenvalue weighted by Gasteiger charge is -2.32. The molecule has 2 heterocycles. The summed E-state index contributed by atoms with van der Waals surface area (Å²) in [7, 11) is -4.74. The first kappa shape index (κ1) is 15.4. The maximum Gasteiger partial charge on any atom is 0.515 e. The van der Waals surface area contributed by atoms with Crippen LogP contribution in [0.5, 0.6) is 0 Å². The van der Waals surface area contributed by atoms with Gasteiger partial charge in [-0.2, -0.15) is 0 Å². The fourth-order valence-electron chi connectivity index (χ4n) is 1.93. The minimum Gasteiger partial charge on any atom is -0.398 e. The van der Waals surface area contributed by atoms with Crippen LogP contribution in [0.1, 0.15) is 33.4 Å². The van der Waals surface area contributed by atoms with Crippen molar-refractivity contribution in [1.29, 1.82) is 0 Å². The molecule has 0 unspecified atom stereocenters. The van der Waals surface area contributed by atoms with Crippen molar-refractivity contribution in [3.63, 3.8) is 0 Å². The minimum atomic E-state index is -3.88. The van der Waals surface area contributed by atoms with Gasteiger partial charge in [0.05, 0.1) is 21.7 Å². The molecule has 20 heavy (non-hydrogen) atoms. The van der Waals surface area contributed by atoms with Crippen molar-refractivity contribution in [2.45, 2.75) is 50.7 Å². The molecule has 0 bridgehead atoms. The fraction of sp³-hybridized carbons (Fsp3) is 0.583. The van der Waals surface area contributed by atoms with Crippen LogP contribution in [0.4, 0.5) is 0 Å². The summed E-state index contributed by atoms with van der Waals surface area (Å²) >= 11 is 0. The highest BCUT2D eigenvalue weighted by Crippen LogP contribution is 2.36. The Bertz CT molecular complexity index is 627. The van der Waals surface area contributed by atoms with Crippen molar-refractivity contribution in [3.8, 4) is 0 Å². The molecule has 1 aliphatic heterocycles. The summed E-state index contributed by atoms with van der Waals surface area (Å²) in [5.41, 5.74) is -0.273. The third kappa shape index (κ3) is 2.60. The average Bonchev–Trinajstić information content (AvgIpc) is 2.46. The molecule has 0 radical (unpaired) electrons. The van der Waals surface area contributed by atoms with E-state index in [1.54, 1.807) is 13.0 Å². The second-order valence-electron chi connectivity index (χ2n) is 5.97. The Balaban J connectivity index is 2.53. The van der Waals surface area contributed by atoms with E-state index >= 15 is 0 Å². The third-order valence-electron chi connectivity index (χ3n) is 3.81. The van der Waals surface area contributed by atoms with Gasteiger partial charge in [-0.3, -0.25) is 4.98 Å². The first-order valence-electron chi connectivity index (χ1n) is 6.30. The number of aryl methyl sites for hydroxylation is 1. The zero-order chi connectivity index (χ0) is 15.3. The number of pyridine rings is 1. The van der Waals surface area contributed by atoms with Gasteiger partial charge >= 0.3 is 7.12 Å². The van der Waals surface area contributed by atoms with Crippen LogP contribution < -0.4 is 10.7 Å². The number of hydrogen-bond acceptors (Lipinski definition) is 5. The van der Waals surface area contributed by atoms with Crippen LogP contribution in [0, 0.1) is 6.92 Å². The molecule has 0 spiro atoms. The number of nitrogens with two attached hydrogens (primary N) is 1. The van der Waals surface area contributed by atoms with E-state index in [2.05, 4.69) is 4.98 Å². The largest absolute Gasteiger partial charge is 0.515 e. The van der Waals surface area contributed by atoms with Crippen LogP contribution in [0.3, 0.4) is 0 Å². The molecular formula is C12H19BN2O4S. The van der Waals surface area contributed by atoms with Gasteiger partial charge in [0.15, 0.2) is 0 Å². The highest BCUT2D eigenvalue weighted by molar-refractivity contribution is 7.89. The molecule has 0 aromatic carbocycles. The van der Waals surface area contributed by atoms with Crippen LogP contribution in [0.2, 0.25) is 0 Å². The van der Waals surface area contributed by atoms with Crippen molar-refractivity contribution in [2.75, 3.05) is 0 Å². The molecule has 110 valence electrons. The molecule has 2 N–H and O–H groups in total.